The molecule has 2 aromatic rings. The number of nitrogens with zero attached hydrogens (tertiary/aromatic N) is 1. The van der Waals surface area contributed by atoms with Gasteiger partial charge in [0.2, 0.25) is 0 Å². The lowest BCUT2D eigenvalue weighted by Crippen LogP contribution is -2.20. The fraction of sp³-hybridized carbons (Fsp3) is 0.429. The van der Waals surface area contributed by atoms with Gasteiger partial charge >= 0.3 is 0 Å². The van der Waals surface area contributed by atoms with Crippen LogP contribution in [-0.2, 0) is 13.3 Å². The van der Waals surface area contributed by atoms with E-state index in [0.29, 0.717) is 11.3 Å². The van der Waals surface area contributed by atoms with E-state index in [4.69, 9.17) is 11.6 Å². The van der Waals surface area contributed by atoms with E-state index in [1.54, 1.807) is 0 Å². The molecule has 4 heteroatoms. The Balaban J connectivity index is 1.72. The lowest BCUT2D eigenvalue weighted by atomic mass is 10.1. The van der Waals surface area contributed by atoms with Gasteiger partial charge in [0.1, 0.15) is 0 Å². The monoisotopic (exact) mass is 264 g/mol. The third kappa shape index (κ3) is 2.26. The molecule has 96 valence electrons. The summed E-state index contributed by atoms with van der Waals surface area (Å²) in [5.41, 5.74) is 2.14. The molecular weight excluding hydrogens is 248 g/mol. The zero-order valence-electron chi connectivity index (χ0n) is 10.1. The Labute approximate surface area is 111 Å². The van der Waals surface area contributed by atoms with Crippen LogP contribution in [0.25, 0.3) is 10.9 Å². The van der Waals surface area contributed by atoms with E-state index in [1.807, 2.05) is 12.1 Å². The number of hydrogen-bond donors (Lipinski definition) is 2. The summed E-state index contributed by atoms with van der Waals surface area (Å²) in [6.07, 6.45) is 3.19. The lowest BCUT2D eigenvalue weighted by molar-refractivity contribution is 0.283. The van der Waals surface area contributed by atoms with E-state index in [2.05, 4.69) is 28.2 Å². The Morgan fingerprint density at radius 1 is 1.39 bits per heavy atom. The second-order valence-electron chi connectivity index (χ2n) is 4.92. The largest absolute Gasteiger partial charge is 0.392 e. The van der Waals surface area contributed by atoms with Crippen LogP contribution in [0.2, 0.25) is 0 Å². The number of aliphatic hydroxyl groups excluding tert-OH is 1. The number of aromatic nitrogens is 1. The minimum Gasteiger partial charge on any atom is -0.392 e. The summed E-state index contributed by atoms with van der Waals surface area (Å²) < 4.78 is 2.17. The summed E-state index contributed by atoms with van der Waals surface area (Å²) in [7, 11) is 0. The van der Waals surface area contributed by atoms with Crippen LogP contribution < -0.4 is 5.32 Å². The third-order valence-corrected chi connectivity index (χ3v) is 4.13. The van der Waals surface area contributed by atoms with Crippen molar-refractivity contribution >= 4 is 22.5 Å². The molecule has 0 saturated heterocycles. The number of nitrogens with one attached hydrogen (secondary N) is 1. The predicted octanol–water partition coefficient (Wildman–Crippen LogP) is 2.31. The van der Waals surface area contributed by atoms with Crippen molar-refractivity contribution in [3.05, 3.63) is 36.0 Å². The second-order valence-corrected chi connectivity index (χ2v) is 5.48. The summed E-state index contributed by atoms with van der Waals surface area (Å²) in [5.74, 6) is 0.640. The number of benzene rings is 1. The maximum Gasteiger partial charge on any atom is 0.0726 e. The fourth-order valence-electron chi connectivity index (χ4n) is 2.36. The Hall–Kier alpha value is -1.03. The number of rotatable bonds is 5. The van der Waals surface area contributed by atoms with Crippen LogP contribution >= 0.6 is 11.6 Å². The first-order chi connectivity index (χ1) is 8.79. The lowest BCUT2D eigenvalue weighted by Gasteiger charge is -2.08. The minimum absolute atomic E-state index is 0.0881. The first-order valence-electron chi connectivity index (χ1n) is 6.32. The molecule has 0 radical (unpaired) electrons. The molecule has 3 rings (SSSR count). The Morgan fingerprint density at radius 3 is 2.94 bits per heavy atom. The summed E-state index contributed by atoms with van der Waals surface area (Å²) in [6, 6.07) is 8.09. The van der Waals surface area contributed by atoms with Crippen molar-refractivity contribution in [2.24, 2.45) is 5.92 Å². The molecule has 1 heterocycles. The number of fused-ring (bicyclic) bond motifs is 1. The highest BCUT2D eigenvalue weighted by atomic mass is 35.5. The van der Waals surface area contributed by atoms with Crippen molar-refractivity contribution in [1.29, 1.82) is 0 Å². The maximum absolute atomic E-state index is 9.29. The standard InChI is InChI=1S/C14H17ClN2O/c15-13-6-11(13)7-16-9-17-5-4-12-10(8-18)2-1-3-14(12)17/h1-5,11,13,16,18H,6-9H2. The number of aliphatic hydroxyl groups is 1. The minimum atomic E-state index is 0.0881. The van der Waals surface area contributed by atoms with Gasteiger partial charge in [0.15, 0.2) is 0 Å². The van der Waals surface area contributed by atoms with Gasteiger partial charge in [-0.3, -0.25) is 5.32 Å². The van der Waals surface area contributed by atoms with Crippen LogP contribution in [0, 0.1) is 5.92 Å². The molecule has 1 aromatic heterocycles. The first-order valence-corrected chi connectivity index (χ1v) is 6.75. The zero-order valence-corrected chi connectivity index (χ0v) is 10.9. The molecule has 1 saturated carbocycles. The van der Waals surface area contributed by atoms with E-state index in [0.717, 1.165) is 36.1 Å². The second kappa shape index (κ2) is 4.92. The van der Waals surface area contributed by atoms with Crippen LogP contribution in [-0.4, -0.2) is 21.6 Å². The summed E-state index contributed by atoms with van der Waals surface area (Å²) in [4.78, 5) is 0. The van der Waals surface area contributed by atoms with E-state index in [-0.39, 0.29) is 6.61 Å². The van der Waals surface area contributed by atoms with Gasteiger partial charge in [0.05, 0.1) is 13.3 Å². The Kier molecular flexibility index (Phi) is 3.29. The van der Waals surface area contributed by atoms with Gasteiger partial charge in [0.25, 0.3) is 0 Å². The molecule has 1 fully saturated rings. The van der Waals surface area contributed by atoms with Crippen molar-refractivity contribution in [2.45, 2.75) is 25.1 Å². The molecule has 2 N–H and O–H groups in total. The van der Waals surface area contributed by atoms with E-state index in [9.17, 15) is 5.11 Å². The zero-order chi connectivity index (χ0) is 12.5. The molecule has 2 unspecified atom stereocenters. The number of halogens is 1. The van der Waals surface area contributed by atoms with Gasteiger partial charge in [-0.1, -0.05) is 12.1 Å². The average molecular weight is 265 g/mol. The molecule has 18 heavy (non-hydrogen) atoms. The van der Waals surface area contributed by atoms with E-state index < -0.39 is 0 Å². The molecule has 0 bridgehead atoms. The predicted molar refractivity (Wildman–Crippen MR) is 73.6 cm³/mol. The van der Waals surface area contributed by atoms with Gasteiger partial charge < -0.3 is 9.67 Å². The van der Waals surface area contributed by atoms with Crippen LogP contribution in [0.4, 0.5) is 0 Å². The van der Waals surface area contributed by atoms with Crippen molar-refractivity contribution in [3.8, 4) is 0 Å². The normalized spacial score (nSPS) is 22.6. The molecule has 0 amide bonds. The van der Waals surface area contributed by atoms with Crippen molar-refractivity contribution in [2.75, 3.05) is 6.54 Å². The van der Waals surface area contributed by atoms with Crippen molar-refractivity contribution in [1.82, 2.24) is 9.88 Å². The van der Waals surface area contributed by atoms with Gasteiger partial charge in [-0.05, 0) is 30.0 Å². The van der Waals surface area contributed by atoms with E-state index in [1.165, 1.54) is 0 Å². The summed E-state index contributed by atoms with van der Waals surface area (Å²) in [5, 5.41) is 14.2. The first kappa shape index (κ1) is 12.0. The van der Waals surface area contributed by atoms with Crippen LogP contribution in [0.15, 0.2) is 30.5 Å². The van der Waals surface area contributed by atoms with Gasteiger partial charge in [-0.25, -0.2) is 0 Å². The van der Waals surface area contributed by atoms with Crippen molar-refractivity contribution in [3.63, 3.8) is 0 Å². The highest BCUT2D eigenvalue weighted by molar-refractivity contribution is 6.22. The number of alkyl halides is 1. The Bertz CT molecular complexity index is 552. The Morgan fingerprint density at radius 2 is 2.22 bits per heavy atom. The highest BCUT2D eigenvalue weighted by Crippen LogP contribution is 2.35. The highest BCUT2D eigenvalue weighted by Gasteiger charge is 2.34. The van der Waals surface area contributed by atoms with Gasteiger partial charge in [0, 0.05) is 29.0 Å². The van der Waals surface area contributed by atoms with Crippen LogP contribution in [0.3, 0.4) is 0 Å². The maximum atomic E-state index is 9.29. The van der Waals surface area contributed by atoms with Gasteiger partial charge in [-0.15, -0.1) is 11.6 Å². The molecule has 0 aliphatic heterocycles. The topological polar surface area (TPSA) is 37.2 Å². The molecule has 2 atom stereocenters. The van der Waals surface area contributed by atoms with Crippen LogP contribution in [0.1, 0.15) is 12.0 Å². The molecule has 0 spiro atoms. The third-order valence-electron chi connectivity index (χ3n) is 3.60. The summed E-state index contributed by atoms with van der Waals surface area (Å²) >= 11 is 5.97. The van der Waals surface area contributed by atoms with E-state index >= 15 is 0 Å². The molecule has 1 aliphatic rings. The quantitative estimate of drug-likeness (QED) is 0.814. The SMILES string of the molecule is OCc1cccc2c1ccn2CNCC1CC1Cl. The van der Waals surface area contributed by atoms with Crippen molar-refractivity contribution < 1.29 is 5.11 Å². The molecule has 3 nitrogen and oxygen atoms in total. The number of hydrogen-bond acceptors (Lipinski definition) is 2. The molecule has 1 aliphatic carbocycles. The smallest absolute Gasteiger partial charge is 0.0726 e. The average Bonchev–Trinajstić information content (AvgIpc) is 2.93. The molecular formula is C14H17ClN2O. The fourth-order valence-corrected chi connectivity index (χ4v) is 2.67. The summed E-state index contributed by atoms with van der Waals surface area (Å²) in [6.45, 7) is 1.86. The van der Waals surface area contributed by atoms with Crippen LogP contribution in [0.5, 0.6) is 0 Å². The van der Waals surface area contributed by atoms with Gasteiger partial charge in [-0.2, -0.15) is 0 Å². The molecule has 1 aromatic carbocycles.